The monoisotopic (exact) mass is 333 g/mol. The molecular weight excluding hydrogens is 314 g/mol. The van der Waals surface area contributed by atoms with Crippen molar-refractivity contribution in [3.63, 3.8) is 0 Å². The van der Waals surface area contributed by atoms with E-state index in [0.29, 0.717) is 13.2 Å². The summed E-state index contributed by atoms with van der Waals surface area (Å²) in [6, 6.07) is 1.73. The van der Waals surface area contributed by atoms with Crippen LogP contribution in [0.1, 0.15) is 43.6 Å². The number of hydrogen-bond donors (Lipinski definition) is 2. The number of aryl methyl sites for hydroxylation is 3. The fourth-order valence-electron chi connectivity index (χ4n) is 2.78. The Labute approximate surface area is 137 Å². The lowest BCUT2D eigenvalue weighted by Gasteiger charge is -2.06. The van der Waals surface area contributed by atoms with E-state index in [-0.39, 0.29) is 17.0 Å². The van der Waals surface area contributed by atoms with E-state index in [1.807, 2.05) is 6.92 Å². The summed E-state index contributed by atoms with van der Waals surface area (Å²) in [7, 11) is 1.62. The van der Waals surface area contributed by atoms with E-state index >= 15 is 0 Å². The van der Waals surface area contributed by atoms with Crippen LogP contribution in [0.25, 0.3) is 0 Å². The summed E-state index contributed by atoms with van der Waals surface area (Å²) in [5, 5.41) is 3.69. The zero-order valence-corrected chi connectivity index (χ0v) is 14.0. The second-order valence-corrected chi connectivity index (χ2v) is 6.77. The molecule has 3 rings (SSSR count). The van der Waals surface area contributed by atoms with Crippen LogP contribution in [0.15, 0.2) is 10.9 Å². The number of thiazole rings is 1. The molecule has 0 radical (unpaired) electrons. The summed E-state index contributed by atoms with van der Waals surface area (Å²) in [4.78, 5) is 32.5. The van der Waals surface area contributed by atoms with E-state index in [0.717, 1.165) is 46.1 Å². The van der Waals surface area contributed by atoms with Gasteiger partial charge in [-0.15, -0.1) is 11.3 Å². The highest BCUT2D eigenvalue weighted by Crippen LogP contribution is 2.20. The summed E-state index contributed by atoms with van der Waals surface area (Å²) < 4.78 is 5.06. The van der Waals surface area contributed by atoms with Gasteiger partial charge in [-0.25, -0.2) is 4.98 Å². The van der Waals surface area contributed by atoms with Crippen molar-refractivity contribution in [2.75, 3.05) is 7.11 Å². The number of methoxy groups -OCH3 is 1. The van der Waals surface area contributed by atoms with E-state index in [2.05, 4.69) is 15.3 Å². The van der Waals surface area contributed by atoms with Crippen molar-refractivity contribution in [1.29, 1.82) is 0 Å². The van der Waals surface area contributed by atoms with Crippen LogP contribution in [0.2, 0.25) is 0 Å². The number of carbonyl (C=O) groups excluding carboxylic acids is 1. The lowest BCUT2D eigenvalue weighted by Crippen LogP contribution is -2.29. The zero-order chi connectivity index (χ0) is 16.4. The number of nitrogens with zero attached hydrogens (tertiary/aromatic N) is 1. The number of aromatic nitrogens is 2. The van der Waals surface area contributed by atoms with Gasteiger partial charge in [-0.05, 0) is 37.8 Å². The molecule has 2 heterocycles. The van der Waals surface area contributed by atoms with Gasteiger partial charge in [0, 0.05) is 17.7 Å². The second kappa shape index (κ2) is 6.64. The van der Waals surface area contributed by atoms with E-state index < -0.39 is 0 Å². The molecule has 0 aromatic carbocycles. The van der Waals surface area contributed by atoms with Crippen molar-refractivity contribution in [2.24, 2.45) is 0 Å². The maximum Gasteiger partial charge on any atom is 0.261 e. The van der Waals surface area contributed by atoms with E-state index in [1.54, 1.807) is 13.2 Å². The van der Waals surface area contributed by atoms with Gasteiger partial charge in [0.25, 0.3) is 11.5 Å². The quantitative estimate of drug-likeness (QED) is 0.872. The number of ether oxygens (including phenoxy) is 1. The molecule has 0 saturated heterocycles. The van der Waals surface area contributed by atoms with Gasteiger partial charge in [0.1, 0.15) is 10.6 Å². The molecule has 2 aromatic rings. The van der Waals surface area contributed by atoms with Crippen molar-refractivity contribution >= 4 is 17.2 Å². The number of amides is 1. The van der Waals surface area contributed by atoms with Gasteiger partial charge in [-0.1, -0.05) is 0 Å². The van der Waals surface area contributed by atoms with Crippen LogP contribution in [0.3, 0.4) is 0 Å². The minimum atomic E-state index is -0.345. The number of hydrogen-bond acceptors (Lipinski definition) is 5. The molecule has 2 aromatic heterocycles. The molecule has 0 saturated carbocycles. The Morgan fingerprint density at radius 2 is 2.30 bits per heavy atom. The number of aromatic amines is 1. The third kappa shape index (κ3) is 3.35. The van der Waals surface area contributed by atoms with E-state index in [1.165, 1.54) is 11.3 Å². The molecule has 1 aliphatic rings. The van der Waals surface area contributed by atoms with Crippen molar-refractivity contribution in [1.82, 2.24) is 15.3 Å². The van der Waals surface area contributed by atoms with Crippen LogP contribution in [0.5, 0.6) is 0 Å². The summed E-state index contributed by atoms with van der Waals surface area (Å²) in [5.41, 5.74) is 2.79. The maximum absolute atomic E-state index is 12.3. The number of fused-ring (bicyclic) bond motifs is 1. The molecule has 0 fully saturated rings. The lowest BCUT2D eigenvalue weighted by molar-refractivity contribution is 0.0949. The maximum atomic E-state index is 12.3. The molecule has 23 heavy (non-hydrogen) atoms. The van der Waals surface area contributed by atoms with Crippen molar-refractivity contribution in [2.45, 2.75) is 39.3 Å². The van der Waals surface area contributed by atoms with Crippen LogP contribution in [-0.4, -0.2) is 23.0 Å². The predicted octanol–water partition coefficient (Wildman–Crippen LogP) is 1.70. The summed E-state index contributed by atoms with van der Waals surface area (Å²) >= 11 is 1.51. The van der Waals surface area contributed by atoms with Crippen LogP contribution < -0.4 is 10.9 Å². The standard InChI is InChI=1S/C16H19N3O3S/c1-9-13(23-14(18-9)8-22-2)7-17-15(20)11-6-10-4-3-5-12(10)19-16(11)21/h6H,3-5,7-8H2,1-2H3,(H,17,20)(H,19,21). The molecule has 7 heteroatoms. The number of carbonyl (C=O) groups is 1. The van der Waals surface area contributed by atoms with Gasteiger partial charge < -0.3 is 15.0 Å². The van der Waals surface area contributed by atoms with E-state index in [4.69, 9.17) is 4.74 Å². The first-order valence-electron chi connectivity index (χ1n) is 7.56. The number of nitrogens with one attached hydrogen (secondary N) is 2. The first-order chi connectivity index (χ1) is 11.1. The Kier molecular flexibility index (Phi) is 4.58. The highest BCUT2D eigenvalue weighted by atomic mass is 32.1. The minimum Gasteiger partial charge on any atom is -0.378 e. The molecule has 0 spiro atoms. The molecular formula is C16H19N3O3S. The molecule has 1 aliphatic carbocycles. The first-order valence-corrected chi connectivity index (χ1v) is 8.37. The number of pyridine rings is 1. The van der Waals surface area contributed by atoms with Crippen molar-refractivity contribution in [3.8, 4) is 0 Å². The Morgan fingerprint density at radius 1 is 1.48 bits per heavy atom. The van der Waals surface area contributed by atoms with Gasteiger partial charge in [0.2, 0.25) is 0 Å². The average Bonchev–Trinajstić information content (AvgIpc) is 3.10. The lowest BCUT2D eigenvalue weighted by atomic mass is 10.1. The summed E-state index contributed by atoms with van der Waals surface area (Å²) in [6.45, 7) is 2.73. The third-order valence-corrected chi connectivity index (χ3v) is 5.08. The molecule has 1 amide bonds. The number of H-pyrrole nitrogens is 1. The third-order valence-electron chi connectivity index (χ3n) is 3.95. The Hall–Kier alpha value is -1.99. The zero-order valence-electron chi connectivity index (χ0n) is 13.2. The van der Waals surface area contributed by atoms with Crippen molar-refractivity contribution < 1.29 is 9.53 Å². The highest BCUT2D eigenvalue weighted by Gasteiger charge is 2.18. The largest absolute Gasteiger partial charge is 0.378 e. The summed E-state index contributed by atoms with van der Waals surface area (Å²) in [6.07, 6.45) is 2.83. The fraction of sp³-hybridized carbons (Fsp3) is 0.438. The number of rotatable bonds is 5. The van der Waals surface area contributed by atoms with Gasteiger partial charge >= 0.3 is 0 Å². The minimum absolute atomic E-state index is 0.185. The normalized spacial score (nSPS) is 13.1. The molecule has 2 N–H and O–H groups in total. The average molecular weight is 333 g/mol. The SMILES string of the molecule is COCc1nc(C)c(CNC(=O)c2cc3c([nH]c2=O)CCC3)s1. The van der Waals surface area contributed by atoms with Gasteiger partial charge in [-0.2, -0.15) is 0 Å². The first kappa shape index (κ1) is 15.9. The van der Waals surface area contributed by atoms with Gasteiger partial charge in [-0.3, -0.25) is 9.59 Å². The Balaban J connectivity index is 1.72. The van der Waals surface area contributed by atoms with E-state index in [9.17, 15) is 9.59 Å². The molecule has 0 aliphatic heterocycles. The molecule has 122 valence electrons. The van der Waals surface area contributed by atoms with Crippen LogP contribution >= 0.6 is 11.3 Å². The highest BCUT2D eigenvalue weighted by molar-refractivity contribution is 7.11. The smallest absolute Gasteiger partial charge is 0.261 e. The molecule has 0 atom stereocenters. The Bertz CT molecular complexity index is 794. The van der Waals surface area contributed by atoms with Crippen LogP contribution in [0.4, 0.5) is 0 Å². The molecule has 0 bridgehead atoms. The van der Waals surface area contributed by atoms with Crippen molar-refractivity contribution in [3.05, 3.63) is 48.8 Å². The molecule has 0 unspecified atom stereocenters. The fourth-order valence-corrected chi connectivity index (χ4v) is 3.76. The molecule has 6 nitrogen and oxygen atoms in total. The Morgan fingerprint density at radius 3 is 3.09 bits per heavy atom. The van der Waals surface area contributed by atoms with Gasteiger partial charge in [0.05, 0.1) is 18.8 Å². The second-order valence-electron chi connectivity index (χ2n) is 5.60. The summed E-state index contributed by atoms with van der Waals surface area (Å²) in [5.74, 6) is -0.345. The topological polar surface area (TPSA) is 84.1 Å². The predicted molar refractivity (Wildman–Crippen MR) is 87.8 cm³/mol. The van der Waals surface area contributed by atoms with Crippen LogP contribution in [-0.2, 0) is 30.7 Å². The van der Waals surface area contributed by atoms with Gasteiger partial charge in [0.15, 0.2) is 0 Å². The van der Waals surface area contributed by atoms with Crippen LogP contribution in [0, 0.1) is 6.92 Å².